The van der Waals surface area contributed by atoms with Crippen LogP contribution in [-0.4, -0.2) is 48.4 Å². The molecule has 1 saturated carbocycles. The molecule has 0 unspecified atom stereocenters. The van der Waals surface area contributed by atoms with Crippen LogP contribution in [0.2, 0.25) is 0 Å². The Morgan fingerprint density at radius 2 is 2.30 bits per heavy atom. The number of H-pyrrole nitrogens is 1. The van der Waals surface area contributed by atoms with Gasteiger partial charge in [0.15, 0.2) is 0 Å². The van der Waals surface area contributed by atoms with Gasteiger partial charge in [0.05, 0.1) is 36.7 Å². The third-order valence-corrected chi connectivity index (χ3v) is 4.39. The van der Waals surface area contributed by atoms with Crippen molar-refractivity contribution in [1.29, 1.82) is 5.26 Å². The van der Waals surface area contributed by atoms with Crippen LogP contribution >= 0.6 is 0 Å². The number of nitrogens with zero attached hydrogens (tertiary/aromatic N) is 2. The summed E-state index contributed by atoms with van der Waals surface area (Å²) in [6, 6.07) is 5.02. The van der Waals surface area contributed by atoms with E-state index in [4.69, 9.17) is 14.7 Å². The maximum atomic E-state index is 14.1. The molecule has 0 amide bonds. The smallest absolute Gasteiger partial charge is 0.206 e. The zero-order valence-corrected chi connectivity index (χ0v) is 14.7. The van der Waals surface area contributed by atoms with Gasteiger partial charge < -0.3 is 30.4 Å². The maximum absolute atomic E-state index is 14.1. The molecule has 0 spiro atoms. The second-order valence-corrected chi connectivity index (χ2v) is 6.67. The SMILES string of the molecule is N#Cc1cc(Nc2ncc(NC3CC3)[nH]2)c(OC[C@@H]2COCCN2)cc1F. The van der Waals surface area contributed by atoms with Crippen LogP contribution in [-0.2, 0) is 4.74 Å². The lowest BCUT2D eigenvalue weighted by molar-refractivity contribution is 0.0593. The summed E-state index contributed by atoms with van der Waals surface area (Å²) in [5, 5.41) is 18.8. The molecule has 1 aromatic heterocycles. The predicted octanol–water partition coefficient (Wildman–Crippen LogP) is 2.11. The van der Waals surface area contributed by atoms with E-state index in [1.54, 1.807) is 6.20 Å². The fourth-order valence-electron chi connectivity index (χ4n) is 2.81. The minimum absolute atomic E-state index is 0.0308. The number of halogens is 1. The monoisotopic (exact) mass is 372 g/mol. The molecule has 2 aromatic rings. The Balaban J connectivity index is 1.49. The predicted molar refractivity (Wildman–Crippen MR) is 97.7 cm³/mol. The lowest BCUT2D eigenvalue weighted by atomic mass is 10.2. The van der Waals surface area contributed by atoms with Crippen molar-refractivity contribution in [2.24, 2.45) is 0 Å². The number of aromatic amines is 1. The number of imidazole rings is 1. The van der Waals surface area contributed by atoms with Crippen molar-refractivity contribution in [1.82, 2.24) is 15.3 Å². The summed E-state index contributed by atoms with van der Waals surface area (Å²) in [6.07, 6.45) is 4.00. The van der Waals surface area contributed by atoms with Gasteiger partial charge in [-0.05, 0) is 18.9 Å². The number of benzene rings is 1. The first-order chi connectivity index (χ1) is 13.2. The summed E-state index contributed by atoms with van der Waals surface area (Å²) >= 11 is 0. The van der Waals surface area contributed by atoms with Gasteiger partial charge in [-0.15, -0.1) is 0 Å². The summed E-state index contributed by atoms with van der Waals surface area (Å²) in [4.78, 5) is 7.39. The highest BCUT2D eigenvalue weighted by Gasteiger charge is 2.22. The summed E-state index contributed by atoms with van der Waals surface area (Å²) in [6.45, 7) is 2.29. The molecular weight excluding hydrogens is 351 g/mol. The van der Waals surface area contributed by atoms with Crippen LogP contribution in [0.4, 0.5) is 21.8 Å². The molecule has 8 nitrogen and oxygen atoms in total. The first-order valence-electron chi connectivity index (χ1n) is 8.97. The van der Waals surface area contributed by atoms with Gasteiger partial charge in [-0.2, -0.15) is 5.26 Å². The summed E-state index contributed by atoms with van der Waals surface area (Å²) in [5.41, 5.74) is 0.406. The number of aromatic nitrogens is 2. The molecule has 4 rings (SSSR count). The van der Waals surface area contributed by atoms with Crippen LogP contribution in [0.25, 0.3) is 0 Å². The molecule has 2 aliphatic rings. The Labute approximate surface area is 156 Å². The van der Waals surface area contributed by atoms with Crippen LogP contribution in [0.15, 0.2) is 18.3 Å². The number of ether oxygens (including phenoxy) is 2. The number of hydrogen-bond acceptors (Lipinski definition) is 7. The van der Waals surface area contributed by atoms with Crippen LogP contribution in [0.5, 0.6) is 5.75 Å². The largest absolute Gasteiger partial charge is 0.490 e. The zero-order chi connectivity index (χ0) is 18.6. The Morgan fingerprint density at radius 1 is 1.41 bits per heavy atom. The van der Waals surface area contributed by atoms with E-state index in [0.29, 0.717) is 43.2 Å². The van der Waals surface area contributed by atoms with Gasteiger partial charge in [-0.25, -0.2) is 9.37 Å². The van der Waals surface area contributed by atoms with E-state index in [1.165, 1.54) is 12.1 Å². The van der Waals surface area contributed by atoms with Crippen molar-refractivity contribution in [2.75, 3.05) is 37.0 Å². The molecule has 142 valence electrons. The van der Waals surface area contributed by atoms with Crippen molar-refractivity contribution >= 4 is 17.5 Å². The maximum Gasteiger partial charge on any atom is 0.206 e. The van der Waals surface area contributed by atoms with E-state index in [-0.39, 0.29) is 11.6 Å². The van der Waals surface area contributed by atoms with Crippen molar-refractivity contribution in [3.05, 3.63) is 29.7 Å². The van der Waals surface area contributed by atoms with Crippen LogP contribution in [0.1, 0.15) is 18.4 Å². The van der Waals surface area contributed by atoms with Gasteiger partial charge in [0.25, 0.3) is 0 Å². The number of nitriles is 1. The van der Waals surface area contributed by atoms with Gasteiger partial charge in [-0.1, -0.05) is 0 Å². The molecule has 4 N–H and O–H groups in total. The molecule has 0 bridgehead atoms. The summed E-state index contributed by atoms with van der Waals surface area (Å²) in [5.74, 6) is 0.986. The second kappa shape index (κ2) is 7.82. The van der Waals surface area contributed by atoms with Crippen molar-refractivity contribution in [3.8, 4) is 11.8 Å². The lowest BCUT2D eigenvalue weighted by Crippen LogP contribution is -2.44. The van der Waals surface area contributed by atoms with E-state index in [9.17, 15) is 4.39 Å². The topological polar surface area (TPSA) is 107 Å². The fraction of sp³-hybridized carbons (Fsp3) is 0.444. The third-order valence-electron chi connectivity index (χ3n) is 4.39. The molecular formula is C18H21FN6O2. The van der Waals surface area contributed by atoms with Crippen molar-refractivity contribution in [3.63, 3.8) is 0 Å². The number of anilines is 3. The molecule has 0 radical (unpaired) electrons. The first-order valence-corrected chi connectivity index (χ1v) is 8.97. The van der Waals surface area contributed by atoms with Crippen LogP contribution < -0.4 is 20.7 Å². The summed E-state index contributed by atoms with van der Waals surface area (Å²) in [7, 11) is 0. The lowest BCUT2D eigenvalue weighted by Gasteiger charge is -2.24. The Kier molecular flexibility index (Phi) is 5.09. The number of rotatable bonds is 7. The first kappa shape index (κ1) is 17.6. The second-order valence-electron chi connectivity index (χ2n) is 6.67. The quantitative estimate of drug-likeness (QED) is 0.590. The zero-order valence-electron chi connectivity index (χ0n) is 14.7. The van der Waals surface area contributed by atoms with Crippen LogP contribution in [0.3, 0.4) is 0 Å². The van der Waals surface area contributed by atoms with Gasteiger partial charge in [0, 0.05) is 18.7 Å². The minimum atomic E-state index is -0.624. The molecule has 1 aliphatic heterocycles. The Hall–Kier alpha value is -2.83. The van der Waals surface area contributed by atoms with E-state index >= 15 is 0 Å². The number of hydrogen-bond donors (Lipinski definition) is 4. The molecule has 27 heavy (non-hydrogen) atoms. The third kappa shape index (κ3) is 4.48. The average Bonchev–Trinajstić information content (AvgIpc) is 3.39. The normalized spacial score (nSPS) is 19.3. The van der Waals surface area contributed by atoms with Crippen molar-refractivity contribution < 1.29 is 13.9 Å². The van der Waals surface area contributed by atoms with Crippen LogP contribution in [0, 0.1) is 17.1 Å². The van der Waals surface area contributed by atoms with E-state index in [1.807, 2.05) is 6.07 Å². The van der Waals surface area contributed by atoms with Crippen molar-refractivity contribution in [2.45, 2.75) is 24.9 Å². The molecule has 2 heterocycles. The standard InChI is InChI=1S/C18H21FN6O2/c19-14-6-16(27-10-13-9-26-4-3-21-13)15(5-11(14)7-20)24-18-22-8-17(25-18)23-12-1-2-12/h5-6,8,12-13,21,23H,1-4,9-10H2,(H2,22,24,25)/t13-/m0/s1. The van der Waals surface area contributed by atoms with Gasteiger partial charge in [-0.3, -0.25) is 0 Å². The van der Waals surface area contributed by atoms with Gasteiger partial charge in [0.2, 0.25) is 5.95 Å². The Morgan fingerprint density at radius 3 is 3.04 bits per heavy atom. The molecule has 1 aromatic carbocycles. The molecule has 1 saturated heterocycles. The highest BCUT2D eigenvalue weighted by Crippen LogP contribution is 2.31. The van der Waals surface area contributed by atoms with E-state index in [0.717, 1.165) is 25.2 Å². The summed E-state index contributed by atoms with van der Waals surface area (Å²) < 4.78 is 25.3. The van der Waals surface area contributed by atoms with Gasteiger partial charge in [0.1, 0.15) is 30.1 Å². The van der Waals surface area contributed by atoms with E-state index in [2.05, 4.69) is 25.9 Å². The Bertz CT molecular complexity index is 839. The number of morpholine rings is 1. The molecule has 1 aliphatic carbocycles. The molecule has 1 atom stereocenters. The number of nitrogens with one attached hydrogen (secondary N) is 4. The highest BCUT2D eigenvalue weighted by atomic mass is 19.1. The minimum Gasteiger partial charge on any atom is -0.490 e. The highest BCUT2D eigenvalue weighted by molar-refractivity contribution is 5.66. The molecule has 2 fully saturated rings. The van der Waals surface area contributed by atoms with Gasteiger partial charge >= 0.3 is 0 Å². The van der Waals surface area contributed by atoms with E-state index < -0.39 is 5.82 Å². The molecule has 9 heteroatoms. The fourth-order valence-corrected chi connectivity index (χ4v) is 2.81. The average molecular weight is 372 g/mol.